The Morgan fingerprint density at radius 2 is 1.71 bits per heavy atom. The number of ether oxygens (including phenoxy) is 2. The number of nitrogens with zero attached hydrogens (tertiary/aromatic N) is 1. The molecule has 28 heavy (non-hydrogen) atoms. The number of carbonyl (C=O) groups excluding carboxylic acids is 1. The van der Waals surface area contributed by atoms with Crippen molar-refractivity contribution in [1.82, 2.24) is 0 Å². The fourth-order valence-corrected chi connectivity index (χ4v) is 2.59. The Morgan fingerprint density at radius 1 is 1.04 bits per heavy atom. The molecule has 1 heterocycles. The molecule has 0 spiro atoms. The zero-order chi connectivity index (χ0) is 20.3. The summed E-state index contributed by atoms with van der Waals surface area (Å²) in [5.74, 6) is -0.266. The van der Waals surface area contributed by atoms with Gasteiger partial charge in [0.15, 0.2) is 6.20 Å². The first-order chi connectivity index (χ1) is 13.4. The van der Waals surface area contributed by atoms with E-state index in [-0.39, 0.29) is 11.3 Å². The molecular formula is C21H19FN2O4. The molecular weight excluding hydrogens is 363 g/mol. The Balaban J connectivity index is 1.95. The van der Waals surface area contributed by atoms with E-state index in [9.17, 15) is 14.4 Å². The molecule has 0 saturated carbocycles. The van der Waals surface area contributed by atoms with Crippen LogP contribution in [0.4, 0.5) is 10.1 Å². The highest BCUT2D eigenvalue weighted by molar-refractivity contribution is 6.06. The lowest BCUT2D eigenvalue weighted by atomic mass is 10.1. The molecule has 6 nitrogen and oxygen atoms in total. The third-order valence-electron chi connectivity index (χ3n) is 4.21. The van der Waals surface area contributed by atoms with Crippen molar-refractivity contribution in [2.24, 2.45) is 0 Å². The van der Waals surface area contributed by atoms with Gasteiger partial charge in [0, 0.05) is 6.07 Å². The van der Waals surface area contributed by atoms with Crippen molar-refractivity contribution in [2.75, 3.05) is 12.4 Å². The van der Waals surface area contributed by atoms with Gasteiger partial charge in [-0.05, 0) is 55.3 Å². The number of aryl methyl sites for hydroxylation is 2. The van der Waals surface area contributed by atoms with Crippen LogP contribution in [0.5, 0.6) is 17.2 Å². The van der Waals surface area contributed by atoms with Crippen molar-refractivity contribution < 1.29 is 23.4 Å². The van der Waals surface area contributed by atoms with Crippen molar-refractivity contribution in [1.29, 1.82) is 0 Å². The van der Waals surface area contributed by atoms with Gasteiger partial charge in [0.2, 0.25) is 6.20 Å². The third-order valence-corrected chi connectivity index (χ3v) is 4.21. The number of nitrogens with one attached hydrogen (secondary N) is 1. The van der Waals surface area contributed by atoms with Crippen LogP contribution in [0.15, 0.2) is 54.9 Å². The maximum Gasteiger partial charge on any atom is 0.262 e. The average Bonchev–Trinajstić information content (AvgIpc) is 2.68. The van der Waals surface area contributed by atoms with Gasteiger partial charge in [0.1, 0.15) is 34.3 Å². The molecule has 1 amide bonds. The van der Waals surface area contributed by atoms with Gasteiger partial charge in [-0.15, -0.1) is 0 Å². The topological polar surface area (TPSA) is 74.5 Å². The lowest BCUT2D eigenvalue weighted by molar-refractivity contribution is -0.604. The SMILES string of the molecule is COc1ccc(Oc2ccc(C)c(F)c2C(=O)Nc2c[n+]([O-])ccc2C)cc1. The van der Waals surface area contributed by atoms with E-state index in [2.05, 4.69) is 5.32 Å². The summed E-state index contributed by atoms with van der Waals surface area (Å²) in [7, 11) is 1.55. The highest BCUT2D eigenvalue weighted by atomic mass is 19.1. The quantitative estimate of drug-likeness (QED) is 0.532. The first-order valence-electron chi connectivity index (χ1n) is 8.51. The normalized spacial score (nSPS) is 10.4. The Kier molecular flexibility index (Phi) is 5.44. The second-order valence-electron chi connectivity index (χ2n) is 6.20. The first-order valence-corrected chi connectivity index (χ1v) is 8.51. The van der Waals surface area contributed by atoms with E-state index in [4.69, 9.17) is 9.47 Å². The Morgan fingerprint density at radius 3 is 2.39 bits per heavy atom. The molecule has 0 fully saturated rings. The Hall–Kier alpha value is -3.61. The standard InChI is InChI=1S/C21H19FN2O4/c1-13-10-11-24(26)12-17(13)23-21(25)19-18(9-4-14(2)20(19)22)28-16-7-5-15(27-3)6-8-16/h4-12H,1-3H3,(H,23,25). The van der Waals surface area contributed by atoms with Gasteiger partial charge in [-0.3, -0.25) is 4.79 Å². The number of carbonyl (C=O) groups is 1. The fraction of sp³-hybridized carbons (Fsp3) is 0.143. The van der Waals surface area contributed by atoms with Gasteiger partial charge < -0.3 is 20.0 Å². The minimum absolute atomic E-state index is 0.0642. The molecule has 0 atom stereocenters. The first kappa shape index (κ1) is 19.2. The molecule has 2 aromatic carbocycles. The number of hydrogen-bond acceptors (Lipinski definition) is 4. The number of hydrogen-bond donors (Lipinski definition) is 1. The Labute approximate surface area is 161 Å². The molecule has 0 radical (unpaired) electrons. The summed E-state index contributed by atoms with van der Waals surface area (Å²) < 4.78 is 26.2. The number of methoxy groups -OCH3 is 1. The molecule has 0 aliphatic carbocycles. The van der Waals surface area contributed by atoms with Crippen LogP contribution in [0.2, 0.25) is 0 Å². The van der Waals surface area contributed by atoms with E-state index < -0.39 is 11.7 Å². The molecule has 0 unspecified atom stereocenters. The predicted octanol–water partition coefficient (Wildman–Crippen LogP) is 4.13. The molecule has 7 heteroatoms. The van der Waals surface area contributed by atoms with Gasteiger partial charge >= 0.3 is 0 Å². The van der Waals surface area contributed by atoms with E-state index in [1.807, 2.05) is 0 Å². The number of rotatable bonds is 5. The summed E-state index contributed by atoms with van der Waals surface area (Å²) in [6, 6.07) is 11.3. The molecule has 1 N–H and O–H groups in total. The zero-order valence-corrected chi connectivity index (χ0v) is 15.7. The summed E-state index contributed by atoms with van der Waals surface area (Å²) in [6.45, 7) is 3.29. The number of pyridine rings is 1. The van der Waals surface area contributed by atoms with E-state index >= 15 is 0 Å². The smallest absolute Gasteiger partial charge is 0.262 e. The monoisotopic (exact) mass is 382 g/mol. The number of halogens is 1. The van der Waals surface area contributed by atoms with Crippen molar-refractivity contribution >= 4 is 11.6 Å². The summed E-state index contributed by atoms with van der Waals surface area (Å²) in [5, 5.41) is 14.1. The minimum atomic E-state index is -0.709. The highest BCUT2D eigenvalue weighted by Crippen LogP contribution is 2.30. The van der Waals surface area contributed by atoms with Gasteiger partial charge in [-0.1, -0.05) is 6.07 Å². The number of anilines is 1. The van der Waals surface area contributed by atoms with Gasteiger partial charge in [-0.25, -0.2) is 4.39 Å². The zero-order valence-electron chi connectivity index (χ0n) is 15.7. The lowest BCUT2D eigenvalue weighted by Gasteiger charge is -2.14. The molecule has 0 bridgehead atoms. The van der Waals surface area contributed by atoms with Crippen LogP contribution in [0, 0.1) is 24.9 Å². The van der Waals surface area contributed by atoms with Crippen molar-refractivity contribution in [2.45, 2.75) is 13.8 Å². The molecule has 3 aromatic rings. The van der Waals surface area contributed by atoms with Crippen molar-refractivity contribution in [3.05, 3.63) is 82.6 Å². The van der Waals surface area contributed by atoms with Crippen molar-refractivity contribution in [3.63, 3.8) is 0 Å². The average molecular weight is 382 g/mol. The van der Waals surface area contributed by atoms with Gasteiger partial charge in [0.05, 0.1) is 7.11 Å². The van der Waals surface area contributed by atoms with Crippen LogP contribution >= 0.6 is 0 Å². The summed E-state index contributed by atoms with van der Waals surface area (Å²) in [4.78, 5) is 12.8. The third kappa shape index (κ3) is 4.03. The molecule has 0 aliphatic heterocycles. The molecule has 3 rings (SSSR count). The van der Waals surface area contributed by atoms with Crippen molar-refractivity contribution in [3.8, 4) is 17.2 Å². The summed E-state index contributed by atoms with van der Waals surface area (Å²) in [5.41, 5.74) is 1.03. The second-order valence-corrected chi connectivity index (χ2v) is 6.20. The van der Waals surface area contributed by atoms with E-state index in [0.29, 0.717) is 33.0 Å². The molecule has 0 aliphatic rings. The van der Waals surface area contributed by atoms with E-state index in [1.54, 1.807) is 51.3 Å². The predicted molar refractivity (Wildman–Crippen MR) is 102 cm³/mol. The number of benzene rings is 2. The minimum Gasteiger partial charge on any atom is -0.619 e. The lowest BCUT2D eigenvalue weighted by Crippen LogP contribution is -2.26. The molecule has 0 saturated heterocycles. The number of amides is 1. The van der Waals surface area contributed by atoms with E-state index in [1.165, 1.54) is 24.5 Å². The highest BCUT2D eigenvalue weighted by Gasteiger charge is 2.22. The molecule has 1 aromatic heterocycles. The largest absolute Gasteiger partial charge is 0.619 e. The van der Waals surface area contributed by atoms with Gasteiger partial charge in [-0.2, -0.15) is 4.73 Å². The van der Waals surface area contributed by atoms with E-state index in [0.717, 1.165) is 0 Å². The maximum absolute atomic E-state index is 14.8. The summed E-state index contributed by atoms with van der Waals surface area (Å²) >= 11 is 0. The molecule has 144 valence electrons. The Bertz CT molecular complexity index is 1020. The summed E-state index contributed by atoms with van der Waals surface area (Å²) in [6.07, 6.45) is 2.53. The van der Waals surface area contributed by atoms with Crippen LogP contribution < -0.4 is 19.5 Å². The van der Waals surface area contributed by atoms with Crippen LogP contribution in [0.3, 0.4) is 0 Å². The second kappa shape index (κ2) is 7.96. The maximum atomic E-state index is 14.8. The number of aromatic nitrogens is 1. The van der Waals surface area contributed by atoms with Crippen LogP contribution in [-0.4, -0.2) is 13.0 Å². The fourth-order valence-electron chi connectivity index (χ4n) is 2.59. The van der Waals surface area contributed by atoms with Gasteiger partial charge in [0.25, 0.3) is 5.91 Å². The van der Waals surface area contributed by atoms with Crippen LogP contribution in [0.25, 0.3) is 0 Å². The van der Waals surface area contributed by atoms with Crippen LogP contribution in [0.1, 0.15) is 21.5 Å². The van der Waals surface area contributed by atoms with Crippen LogP contribution in [-0.2, 0) is 0 Å².